The van der Waals surface area contributed by atoms with E-state index in [1.165, 1.54) is 41.2 Å². The summed E-state index contributed by atoms with van der Waals surface area (Å²) < 4.78 is 65.0. The van der Waals surface area contributed by atoms with Gasteiger partial charge in [-0.1, -0.05) is 0 Å². The lowest BCUT2D eigenvalue weighted by Crippen LogP contribution is -2.48. The molecule has 0 aliphatic carbocycles. The summed E-state index contributed by atoms with van der Waals surface area (Å²) in [4.78, 5) is 10.2. The summed E-state index contributed by atoms with van der Waals surface area (Å²) in [6, 6.07) is 6.96. The first-order chi connectivity index (χ1) is 13.1. The van der Waals surface area contributed by atoms with Crippen molar-refractivity contribution in [2.24, 2.45) is 0 Å². The quantitative estimate of drug-likeness (QED) is 0.798. The number of nitrogens with zero attached hydrogens (tertiary/aromatic N) is 4. The molecule has 0 spiro atoms. The van der Waals surface area contributed by atoms with E-state index >= 15 is 0 Å². The van der Waals surface area contributed by atoms with Gasteiger partial charge in [0.1, 0.15) is 23.7 Å². The van der Waals surface area contributed by atoms with Gasteiger partial charge in [0.2, 0.25) is 10.0 Å². The summed E-state index contributed by atoms with van der Waals surface area (Å²) in [6.45, 7) is 1.72. The van der Waals surface area contributed by atoms with Crippen molar-refractivity contribution in [3.63, 3.8) is 0 Å². The molecule has 1 aromatic heterocycles. The average Bonchev–Trinajstić information content (AvgIpc) is 2.62. The maximum atomic E-state index is 12.2. The minimum absolute atomic E-state index is 0.315. The van der Waals surface area contributed by atoms with E-state index in [-0.39, 0.29) is 5.75 Å². The molecule has 8 nitrogen and oxygen atoms in total. The Morgan fingerprint density at radius 1 is 1.07 bits per heavy atom. The van der Waals surface area contributed by atoms with E-state index in [9.17, 15) is 21.6 Å². The van der Waals surface area contributed by atoms with Crippen LogP contribution in [0.5, 0.6) is 5.75 Å². The zero-order chi connectivity index (χ0) is 20.4. The van der Waals surface area contributed by atoms with Crippen LogP contribution in [0.1, 0.15) is 0 Å². The number of sulfonamides is 1. The SMILES string of the molecule is CS(=O)(=O)N1CCN(c2cc(Nc3ccc(OC(F)(F)F)cc3)ncn2)CC1. The van der Waals surface area contributed by atoms with Crippen molar-refractivity contribution in [1.82, 2.24) is 14.3 Å². The molecule has 1 aromatic carbocycles. The number of hydrogen-bond acceptors (Lipinski definition) is 7. The van der Waals surface area contributed by atoms with Crippen LogP contribution in [0.3, 0.4) is 0 Å². The number of aromatic nitrogens is 2. The molecule has 12 heteroatoms. The Hall–Kier alpha value is -2.60. The number of alkyl halides is 3. The second-order valence-corrected chi connectivity index (χ2v) is 8.09. The summed E-state index contributed by atoms with van der Waals surface area (Å²) in [5.41, 5.74) is 0.529. The molecule has 1 fully saturated rings. The monoisotopic (exact) mass is 417 g/mol. The number of benzene rings is 1. The van der Waals surface area contributed by atoms with Crippen LogP contribution in [0, 0.1) is 0 Å². The highest BCUT2D eigenvalue weighted by atomic mass is 32.2. The molecular formula is C16H18F3N5O3S. The predicted octanol–water partition coefficient (Wildman–Crippen LogP) is 2.20. The first-order valence-electron chi connectivity index (χ1n) is 8.25. The highest BCUT2D eigenvalue weighted by Crippen LogP contribution is 2.25. The Balaban J connectivity index is 1.64. The van der Waals surface area contributed by atoms with Crippen molar-refractivity contribution in [3.05, 3.63) is 36.7 Å². The van der Waals surface area contributed by atoms with Gasteiger partial charge in [-0.25, -0.2) is 18.4 Å². The standard InChI is InChI=1S/C16H18F3N5O3S/c1-28(25,26)24-8-6-23(7-9-24)15-10-14(20-11-21-15)22-12-2-4-13(5-3-12)27-16(17,18)19/h2-5,10-11H,6-9H2,1H3,(H,20,21,22). The third-order valence-corrected chi connectivity index (χ3v) is 5.35. The smallest absolute Gasteiger partial charge is 0.406 e. The number of rotatable bonds is 5. The molecule has 1 saturated heterocycles. The molecule has 0 amide bonds. The number of piperazine rings is 1. The lowest BCUT2D eigenvalue weighted by Gasteiger charge is -2.33. The van der Waals surface area contributed by atoms with Crippen LogP contribution in [0.2, 0.25) is 0 Å². The number of nitrogens with one attached hydrogen (secondary N) is 1. The Kier molecular flexibility index (Phi) is 5.61. The molecule has 28 heavy (non-hydrogen) atoms. The Labute approximate surface area is 160 Å². The molecule has 1 N–H and O–H groups in total. The van der Waals surface area contributed by atoms with Crippen LogP contribution in [0.25, 0.3) is 0 Å². The highest BCUT2D eigenvalue weighted by molar-refractivity contribution is 7.88. The van der Waals surface area contributed by atoms with E-state index in [0.717, 1.165) is 0 Å². The molecule has 1 aliphatic heterocycles. The molecule has 0 unspecified atom stereocenters. The van der Waals surface area contributed by atoms with Gasteiger partial charge in [0.15, 0.2) is 0 Å². The van der Waals surface area contributed by atoms with Crippen LogP contribution < -0.4 is 15.0 Å². The van der Waals surface area contributed by atoms with Gasteiger partial charge < -0.3 is 15.0 Å². The van der Waals surface area contributed by atoms with Crippen LogP contribution in [0.4, 0.5) is 30.5 Å². The fourth-order valence-electron chi connectivity index (χ4n) is 2.73. The van der Waals surface area contributed by atoms with Crippen molar-refractivity contribution < 1.29 is 26.3 Å². The van der Waals surface area contributed by atoms with Crippen molar-refractivity contribution in [2.75, 3.05) is 42.7 Å². The second-order valence-electron chi connectivity index (χ2n) is 6.11. The summed E-state index contributed by atoms with van der Waals surface area (Å²) in [5, 5.41) is 2.99. The van der Waals surface area contributed by atoms with Crippen LogP contribution in [-0.4, -0.2) is 61.5 Å². The summed E-state index contributed by atoms with van der Waals surface area (Å²) >= 11 is 0. The Bertz CT molecular complexity index is 914. The minimum atomic E-state index is -4.74. The summed E-state index contributed by atoms with van der Waals surface area (Å²) in [6.07, 6.45) is -2.19. The van der Waals surface area contributed by atoms with Gasteiger partial charge in [0, 0.05) is 37.9 Å². The fourth-order valence-corrected chi connectivity index (χ4v) is 3.55. The van der Waals surface area contributed by atoms with Gasteiger partial charge in [0.05, 0.1) is 6.26 Å². The third kappa shape index (κ3) is 5.45. The number of anilines is 3. The number of halogens is 3. The molecule has 0 saturated carbocycles. The molecule has 152 valence electrons. The topological polar surface area (TPSA) is 87.7 Å². The van der Waals surface area contributed by atoms with Crippen molar-refractivity contribution in [3.8, 4) is 5.75 Å². The number of ether oxygens (including phenoxy) is 1. The van der Waals surface area contributed by atoms with E-state index < -0.39 is 16.4 Å². The van der Waals surface area contributed by atoms with E-state index in [4.69, 9.17) is 0 Å². The van der Waals surface area contributed by atoms with Crippen LogP contribution >= 0.6 is 0 Å². The molecule has 3 rings (SSSR count). The first kappa shape index (κ1) is 20.1. The van der Waals surface area contributed by atoms with Gasteiger partial charge in [0.25, 0.3) is 0 Å². The van der Waals surface area contributed by atoms with Gasteiger partial charge in [-0.15, -0.1) is 13.2 Å². The lowest BCUT2D eigenvalue weighted by molar-refractivity contribution is -0.274. The molecule has 2 heterocycles. The summed E-state index contributed by atoms with van der Waals surface area (Å²) in [5.74, 6) is 0.771. The molecule has 0 bridgehead atoms. The van der Waals surface area contributed by atoms with Crippen molar-refractivity contribution in [1.29, 1.82) is 0 Å². The zero-order valence-electron chi connectivity index (χ0n) is 14.8. The van der Waals surface area contributed by atoms with E-state index in [1.807, 2.05) is 4.90 Å². The normalized spacial score (nSPS) is 16.1. The lowest BCUT2D eigenvalue weighted by atomic mass is 10.3. The molecule has 1 aliphatic rings. The Morgan fingerprint density at radius 3 is 2.29 bits per heavy atom. The molecule has 0 atom stereocenters. The Morgan fingerprint density at radius 2 is 1.71 bits per heavy atom. The average molecular weight is 417 g/mol. The number of hydrogen-bond donors (Lipinski definition) is 1. The van der Waals surface area contributed by atoms with E-state index in [2.05, 4.69) is 20.0 Å². The predicted molar refractivity (Wildman–Crippen MR) is 97.1 cm³/mol. The fraction of sp³-hybridized carbons (Fsp3) is 0.375. The van der Waals surface area contributed by atoms with Crippen LogP contribution in [-0.2, 0) is 10.0 Å². The van der Waals surface area contributed by atoms with E-state index in [1.54, 1.807) is 6.07 Å². The van der Waals surface area contributed by atoms with Crippen molar-refractivity contribution >= 4 is 27.3 Å². The largest absolute Gasteiger partial charge is 0.573 e. The van der Waals surface area contributed by atoms with Gasteiger partial charge in [-0.2, -0.15) is 4.31 Å². The van der Waals surface area contributed by atoms with Gasteiger partial charge >= 0.3 is 6.36 Å². The third-order valence-electron chi connectivity index (χ3n) is 4.04. The maximum absolute atomic E-state index is 12.2. The van der Waals surface area contributed by atoms with Crippen molar-refractivity contribution in [2.45, 2.75) is 6.36 Å². The molecule has 0 radical (unpaired) electrons. The van der Waals surface area contributed by atoms with Gasteiger partial charge in [-0.3, -0.25) is 0 Å². The maximum Gasteiger partial charge on any atom is 0.573 e. The van der Waals surface area contributed by atoms with Crippen LogP contribution in [0.15, 0.2) is 36.7 Å². The van der Waals surface area contributed by atoms with E-state index in [0.29, 0.717) is 43.5 Å². The molecular weight excluding hydrogens is 399 g/mol. The minimum Gasteiger partial charge on any atom is -0.406 e. The second kappa shape index (κ2) is 7.80. The van der Waals surface area contributed by atoms with Gasteiger partial charge in [-0.05, 0) is 24.3 Å². The zero-order valence-corrected chi connectivity index (χ0v) is 15.7. The first-order valence-corrected chi connectivity index (χ1v) is 10.1. The summed E-state index contributed by atoms with van der Waals surface area (Å²) in [7, 11) is -3.21. The molecule has 2 aromatic rings. The highest BCUT2D eigenvalue weighted by Gasteiger charge is 2.31.